The number of hydrogen-bond acceptors (Lipinski definition) is 1. The Bertz CT molecular complexity index is 436. The van der Waals surface area contributed by atoms with E-state index in [2.05, 4.69) is 12.1 Å². The first-order chi connectivity index (χ1) is 7.38. The second-order valence-corrected chi connectivity index (χ2v) is 5.26. The molecule has 4 aliphatic carbocycles. The summed E-state index contributed by atoms with van der Waals surface area (Å²) in [5.41, 5.74) is 2.39. The van der Waals surface area contributed by atoms with Gasteiger partial charge in [0.1, 0.15) is 0 Å². The van der Waals surface area contributed by atoms with E-state index < -0.39 is 0 Å². The van der Waals surface area contributed by atoms with Crippen LogP contribution in [0.15, 0.2) is 24.3 Å². The summed E-state index contributed by atoms with van der Waals surface area (Å²) in [6, 6.07) is 8.28. The Morgan fingerprint density at radius 2 is 1.73 bits per heavy atom. The SMILES string of the molecule is O=C1c2ccccc2C2C3CCCC2C13. The highest BCUT2D eigenvalue weighted by atomic mass is 16.1. The van der Waals surface area contributed by atoms with Crippen molar-refractivity contribution in [3.63, 3.8) is 0 Å². The highest BCUT2D eigenvalue weighted by molar-refractivity contribution is 6.03. The van der Waals surface area contributed by atoms with Crippen molar-refractivity contribution in [2.45, 2.75) is 25.2 Å². The van der Waals surface area contributed by atoms with Crippen molar-refractivity contribution >= 4 is 5.78 Å². The van der Waals surface area contributed by atoms with Crippen LogP contribution in [0.3, 0.4) is 0 Å². The van der Waals surface area contributed by atoms with E-state index in [4.69, 9.17) is 0 Å². The van der Waals surface area contributed by atoms with Crippen LogP contribution in [0.1, 0.15) is 41.1 Å². The second kappa shape index (κ2) is 2.52. The third-order valence-corrected chi connectivity index (χ3v) is 4.81. The third-order valence-electron chi connectivity index (χ3n) is 4.81. The molecule has 2 atom stereocenters. The zero-order chi connectivity index (χ0) is 9.99. The van der Waals surface area contributed by atoms with E-state index in [0.29, 0.717) is 23.5 Å². The van der Waals surface area contributed by atoms with E-state index in [1.54, 1.807) is 0 Å². The maximum absolute atomic E-state index is 12.3. The molecular formula is C14H14O. The zero-order valence-electron chi connectivity index (χ0n) is 8.65. The van der Waals surface area contributed by atoms with Crippen molar-refractivity contribution in [2.24, 2.45) is 17.8 Å². The fourth-order valence-corrected chi connectivity index (χ4v) is 4.29. The molecule has 0 aliphatic heterocycles. The van der Waals surface area contributed by atoms with Gasteiger partial charge in [-0.15, -0.1) is 0 Å². The molecule has 4 aliphatic rings. The van der Waals surface area contributed by atoms with Crippen LogP contribution in [-0.4, -0.2) is 5.78 Å². The molecule has 0 amide bonds. The Kier molecular flexibility index (Phi) is 1.36. The van der Waals surface area contributed by atoms with E-state index in [0.717, 1.165) is 11.5 Å². The Labute approximate surface area is 89.5 Å². The van der Waals surface area contributed by atoms with Crippen LogP contribution in [0.5, 0.6) is 0 Å². The van der Waals surface area contributed by atoms with E-state index in [-0.39, 0.29) is 0 Å². The van der Waals surface area contributed by atoms with Gasteiger partial charge in [0, 0.05) is 11.5 Å². The number of carbonyl (C=O) groups excluding carboxylic acids is 1. The van der Waals surface area contributed by atoms with Gasteiger partial charge in [-0.05, 0) is 36.2 Å². The second-order valence-electron chi connectivity index (χ2n) is 5.26. The molecule has 2 unspecified atom stereocenters. The van der Waals surface area contributed by atoms with Gasteiger partial charge < -0.3 is 0 Å². The van der Waals surface area contributed by atoms with Gasteiger partial charge in [-0.2, -0.15) is 0 Å². The normalized spacial score (nSPS) is 40.7. The number of carbonyl (C=O) groups is 1. The summed E-state index contributed by atoms with van der Waals surface area (Å²) in [5.74, 6) is 2.98. The highest BCUT2D eigenvalue weighted by Crippen LogP contribution is 2.64. The monoisotopic (exact) mass is 198 g/mol. The van der Waals surface area contributed by atoms with Gasteiger partial charge in [-0.3, -0.25) is 4.79 Å². The molecule has 0 radical (unpaired) electrons. The molecule has 0 aromatic heterocycles. The minimum Gasteiger partial charge on any atom is -0.294 e. The molecule has 2 fully saturated rings. The molecule has 1 aromatic rings. The largest absolute Gasteiger partial charge is 0.294 e. The summed E-state index contributed by atoms with van der Waals surface area (Å²) in [5, 5.41) is 0. The molecule has 0 N–H and O–H groups in total. The number of rotatable bonds is 0. The molecule has 5 rings (SSSR count). The lowest BCUT2D eigenvalue weighted by Gasteiger charge is -2.59. The van der Waals surface area contributed by atoms with Gasteiger partial charge in [0.05, 0.1) is 0 Å². The van der Waals surface area contributed by atoms with Crippen LogP contribution in [0.4, 0.5) is 0 Å². The van der Waals surface area contributed by atoms with E-state index >= 15 is 0 Å². The smallest absolute Gasteiger partial charge is 0.166 e. The summed E-state index contributed by atoms with van der Waals surface area (Å²) < 4.78 is 0. The Balaban J connectivity index is 1.93. The van der Waals surface area contributed by atoms with Crippen molar-refractivity contribution in [1.82, 2.24) is 0 Å². The maximum atomic E-state index is 12.3. The van der Waals surface area contributed by atoms with Crippen LogP contribution in [0, 0.1) is 17.8 Å². The quantitative estimate of drug-likeness (QED) is 0.626. The lowest BCUT2D eigenvalue weighted by atomic mass is 9.43. The number of ketones is 1. The minimum atomic E-state index is 0.402. The summed E-state index contributed by atoms with van der Waals surface area (Å²) in [7, 11) is 0. The Morgan fingerprint density at radius 1 is 1.00 bits per heavy atom. The molecule has 2 saturated carbocycles. The predicted octanol–water partition coefficient (Wildman–Crippen LogP) is 3.01. The molecule has 1 heteroatoms. The molecule has 4 bridgehead atoms. The average molecular weight is 198 g/mol. The van der Waals surface area contributed by atoms with Gasteiger partial charge >= 0.3 is 0 Å². The summed E-state index contributed by atoms with van der Waals surface area (Å²) >= 11 is 0. The van der Waals surface area contributed by atoms with Crippen molar-refractivity contribution in [3.05, 3.63) is 35.4 Å². The molecule has 1 aromatic carbocycles. The maximum Gasteiger partial charge on any atom is 0.166 e. The summed E-state index contributed by atoms with van der Waals surface area (Å²) in [6.07, 6.45) is 3.91. The molecular weight excluding hydrogens is 184 g/mol. The Hall–Kier alpha value is -1.11. The van der Waals surface area contributed by atoms with Crippen LogP contribution in [-0.2, 0) is 0 Å². The van der Waals surface area contributed by atoms with E-state index in [9.17, 15) is 4.79 Å². The number of Topliss-reactive ketones (excluding diaryl/α,β-unsaturated/α-hetero) is 1. The van der Waals surface area contributed by atoms with E-state index in [1.165, 1.54) is 24.8 Å². The first-order valence-corrected chi connectivity index (χ1v) is 6.01. The molecule has 76 valence electrons. The van der Waals surface area contributed by atoms with Crippen LogP contribution >= 0.6 is 0 Å². The first-order valence-electron chi connectivity index (χ1n) is 6.01. The van der Waals surface area contributed by atoms with Crippen molar-refractivity contribution < 1.29 is 4.79 Å². The fraction of sp³-hybridized carbons (Fsp3) is 0.500. The molecule has 0 spiro atoms. The van der Waals surface area contributed by atoms with E-state index in [1.807, 2.05) is 12.1 Å². The van der Waals surface area contributed by atoms with Gasteiger partial charge in [0.25, 0.3) is 0 Å². The first kappa shape index (κ1) is 8.09. The van der Waals surface area contributed by atoms with Crippen molar-refractivity contribution in [2.75, 3.05) is 0 Å². The van der Waals surface area contributed by atoms with Crippen LogP contribution in [0.2, 0.25) is 0 Å². The van der Waals surface area contributed by atoms with Gasteiger partial charge in [-0.25, -0.2) is 0 Å². The number of benzene rings is 1. The summed E-state index contributed by atoms with van der Waals surface area (Å²) in [6.45, 7) is 0. The van der Waals surface area contributed by atoms with Crippen molar-refractivity contribution in [3.8, 4) is 0 Å². The molecule has 1 nitrogen and oxygen atoms in total. The summed E-state index contributed by atoms with van der Waals surface area (Å²) in [4.78, 5) is 12.3. The lowest BCUT2D eigenvalue weighted by molar-refractivity contribution is -0.0164. The minimum absolute atomic E-state index is 0.402. The van der Waals surface area contributed by atoms with Crippen LogP contribution in [0.25, 0.3) is 0 Å². The van der Waals surface area contributed by atoms with Gasteiger partial charge in [-0.1, -0.05) is 30.7 Å². The topological polar surface area (TPSA) is 17.1 Å². The molecule has 15 heavy (non-hydrogen) atoms. The standard InChI is InChI=1S/C14H14O/c15-14-9-5-2-1-4-8(9)12-10-6-3-7-11(12)13(10)14/h1-2,4-5,10-13H,3,6-7H2. The molecule has 0 heterocycles. The fourth-order valence-electron chi connectivity index (χ4n) is 4.29. The third kappa shape index (κ3) is 0.794. The van der Waals surface area contributed by atoms with Crippen molar-refractivity contribution in [1.29, 1.82) is 0 Å². The average Bonchev–Trinajstić information content (AvgIpc) is 2.30. The predicted molar refractivity (Wildman–Crippen MR) is 57.8 cm³/mol. The van der Waals surface area contributed by atoms with Gasteiger partial charge in [0.2, 0.25) is 0 Å². The molecule has 0 saturated heterocycles. The van der Waals surface area contributed by atoms with Crippen LogP contribution < -0.4 is 0 Å². The highest BCUT2D eigenvalue weighted by Gasteiger charge is 2.59. The van der Waals surface area contributed by atoms with Gasteiger partial charge in [0.15, 0.2) is 5.78 Å². The zero-order valence-corrected chi connectivity index (χ0v) is 8.65. The Morgan fingerprint density at radius 3 is 2.53 bits per heavy atom. The lowest BCUT2D eigenvalue weighted by Crippen LogP contribution is -2.55. The number of hydrogen-bond donors (Lipinski definition) is 0.